The number of nitrogens with zero attached hydrogens (tertiary/aromatic N) is 1. The number of thiocarbonyl (C=S) groups is 1. The second kappa shape index (κ2) is 8.01. The number of hydrogen-bond acceptors (Lipinski definition) is 3. The summed E-state index contributed by atoms with van der Waals surface area (Å²) in [5, 5.41) is 0. The Hall–Kier alpha value is -1.16. The van der Waals surface area contributed by atoms with E-state index in [2.05, 4.69) is 11.9 Å². The van der Waals surface area contributed by atoms with Crippen molar-refractivity contribution in [1.29, 1.82) is 0 Å². The normalized spacial score (nSPS) is 10.2. The van der Waals surface area contributed by atoms with E-state index in [1.54, 1.807) is 6.07 Å². The van der Waals surface area contributed by atoms with Crippen molar-refractivity contribution in [3.05, 3.63) is 23.9 Å². The van der Waals surface area contributed by atoms with Crippen LogP contribution in [0.25, 0.3) is 0 Å². The van der Waals surface area contributed by atoms with Gasteiger partial charge < -0.3 is 10.5 Å². The van der Waals surface area contributed by atoms with Gasteiger partial charge in [-0.3, -0.25) is 0 Å². The lowest BCUT2D eigenvalue weighted by Crippen LogP contribution is -2.12. The average Bonchev–Trinajstić information content (AvgIpc) is 2.34. The molecule has 2 N–H and O–H groups in total. The Kier molecular flexibility index (Phi) is 6.55. The summed E-state index contributed by atoms with van der Waals surface area (Å²) in [5.41, 5.74) is 6.12. The molecular weight excluding hydrogens is 232 g/mol. The number of rotatable bonds is 8. The van der Waals surface area contributed by atoms with E-state index >= 15 is 0 Å². The van der Waals surface area contributed by atoms with E-state index in [0.29, 0.717) is 23.2 Å². The maximum absolute atomic E-state index is 5.55. The number of ether oxygens (including phenoxy) is 1. The van der Waals surface area contributed by atoms with Crippen molar-refractivity contribution in [3.8, 4) is 5.88 Å². The zero-order valence-corrected chi connectivity index (χ0v) is 11.1. The summed E-state index contributed by atoms with van der Waals surface area (Å²) in [6, 6.07) is 5.47. The average molecular weight is 252 g/mol. The lowest BCUT2D eigenvalue weighted by molar-refractivity contribution is 0.293. The fourth-order valence-corrected chi connectivity index (χ4v) is 1.63. The van der Waals surface area contributed by atoms with Gasteiger partial charge >= 0.3 is 0 Å². The highest BCUT2D eigenvalue weighted by Crippen LogP contribution is 2.09. The number of pyridine rings is 1. The monoisotopic (exact) mass is 252 g/mol. The van der Waals surface area contributed by atoms with Crippen molar-refractivity contribution in [2.24, 2.45) is 5.73 Å². The molecule has 0 unspecified atom stereocenters. The highest BCUT2D eigenvalue weighted by Gasteiger charge is 2.00. The van der Waals surface area contributed by atoms with Crippen LogP contribution in [-0.2, 0) is 0 Å². The Morgan fingerprint density at radius 3 is 2.76 bits per heavy atom. The summed E-state index contributed by atoms with van der Waals surface area (Å²) in [4.78, 5) is 4.52. The molecule has 0 fully saturated rings. The Balaban J connectivity index is 2.27. The van der Waals surface area contributed by atoms with Gasteiger partial charge in [-0.05, 0) is 12.5 Å². The number of unbranched alkanes of at least 4 members (excludes halogenated alkanes) is 4. The second-order valence-electron chi connectivity index (χ2n) is 3.99. The summed E-state index contributed by atoms with van der Waals surface area (Å²) in [5.74, 6) is 0.603. The molecule has 0 aliphatic rings. The summed E-state index contributed by atoms with van der Waals surface area (Å²) in [6.45, 7) is 2.92. The minimum absolute atomic E-state index is 0.304. The van der Waals surface area contributed by atoms with Gasteiger partial charge in [0.15, 0.2) is 0 Å². The highest BCUT2D eigenvalue weighted by molar-refractivity contribution is 7.80. The minimum Gasteiger partial charge on any atom is -0.478 e. The molecule has 3 nitrogen and oxygen atoms in total. The molecule has 4 heteroatoms. The fraction of sp³-hybridized carbons (Fsp3) is 0.538. The van der Waals surface area contributed by atoms with E-state index in [1.807, 2.05) is 12.1 Å². The van der Waals surface area contributed by atoms with Crippen LogP contribution in [0, 0.1) is 0 Å². The van der Waals surface area contributed by atoms with Gasteiger partial charge in [-0.25, -0.2) is 4.98 Å². The SMILES string of the molecule is CCCCCCCOc1cccc(C(N)=S)n1. The first-order valence-corrected chi connectivity index (χ1v) is 6.54. The first kappa shape index (κ1) is 13.9. The van der Waals surface area contributed by atoms with Crippen molar-refractivity contribution in [2.45, 2.75) is 39.0 Å². The van der Waals surface area contributed by atoms with Crippen LogP contribution >= 0.6 is 12.2 Å². The third-order valence-electron chi connectivity index (χ3n) is 2.47. The molecule has 94 valence electrons. The molecule has 0 saturated carbocycles. The highest BCUT2D eigenvalue weighted by atomic mass is 32.1. The van der Waals surface area contributed by atoms with Gasteiger partial charge in [0, 0.05) is 6.07 Å². The van der Waals surface area contributed by atoms with Crippen LogP contribution in [0.1, 0.15) is 44.7 Å². The lowest BCUT2D eigenvalue weighted by atomic mass is 10.2. The Morgan fingerprint density at radius 2 is 2.06 bits per heavy atom. The molecule has 1 heterocycles. The molecule has 0 aliphatic carbocycles. The number of aromatic nitrogens is 1. The standard InChI is InChI=1S/C13H20N2OS/c1-2-3-4-5-6-10-16-12-9-7-8-11(15-12)13(14)17/h7-9H,2-6,10H2,1H3,(H2,14,17). The molecule has 1 aromatic rings. The van der Waals surface area contributed by atoms with Crippen LogP contribution in [0.5, 0.6) is 5.88 Å². The smallest absolute Gasteiger partial charge is 0.213 e. The Morgan fingerprint density at radius 1 is 1.29 bits per heavy atom. The molecule has 0 aromatic carbocycles. The Labute approximate surface area is 108 Å². The zero-order valence-electron chi connectivity index (χ0n) is 10.3. The van der Waals surface area contributed by atoms with Gasteiger partial charge in [0.05, 0.1) is 6.61 Å². The van der Waals surface area contributed by atoms with Crippen LogP contribution in [0.3, 0.4) is 0 Å². The van der Waals surface area contributed by atoms with Gasteiger partial charge in [0.2, 0.25) is 5.88 Å². The number of nitrogens with two attached hydrogens (primary N) is 1. The predicted molar refractivity (Wildman–Crippen MR) is 74.4 cm³/mol. The lowest BCUT2D eigenvalue weighted by Gasteiger charge is -2.06. The molecule has 0 amide bonds. The summed E-state index contributed by atoms with van der Waals surface area (Å²) >= 11 is 4.86. The van der Waals surface area contributed by atoms with E-state index in [9.17, 15) is 0 Å². The largest absolute Gasteiger partial charge is 0.478 e. The van der Waals surface area contributed by atoms with Gasteiger partial charge in [-0.2, -0.15) is 0 Å². The van der Waals surface area contributed by atoms with E-state index in [4.69, 9.17) is 22.7 Å². The van der Waals surface area contributed by atoms with Crippen LogP contribution in [0.2, 0.25) is 0 Å². The van der Waals surface area contributed by atoms with Crippen LogP contribution in [0.4, 0.5) is 0 Å². The molecule has 1 aromatic heterocycles. The van der Waals surface area contributed by atoms with Gasteiger partial charge in [-0.1, -0.05) is 50.9 Å². The van der Waals surface area contributed by atoms with E-state index in [-0.39, 0.29) is 0 Å². The van der Waals surface area contributed by atoms with Crippen molar-refractivity contribution >= 4 is 17.2 Å². The zero-order chi connectivity index (χ0) is 12.5. The van der Waals surface area contributed by atoms with Crippen LogP contribution in [0.15, 0.2) is 18.2 Å². The second-order valence-corrected chi connectivity index (χ2v) is 4.43. The molecule has 0 spiro atoms. The van der Waals surface area contributed by atoms with E-state index in [0.717, 1.165) is 6.42 Å². The van der Waals surface area contributed by atoms with Crippen LogP contribution < -0.4 is 10.5 Å². The Bertz CT molecular complexity index is 355. The molecule has 0 atom stereocenters. The van der Waals surface area contributed by atoms with Crippen molar-refractivity contribution in [2.75, 3.05) is 6.61 Å². The van der Waals surface area contributed by atoms with Crippen LogP contribution in [-0.4, -0.2) is 16.6 Å². The maximum atomic E-state index is 5.55. The van der Waals surface area contributed by atoms with Crippen molar-refractivity contribution in [3.63, 3.8) is 0 Å². The fourth-order valence-electron chi connectivity index (χ4n) is 1.51. The number of hydrogen-bond donors (Lipinski definition) is 1. The maximum Gasteiger partial charge on any atom is 0.213 e. The van der Waals surface area contributed by atoms with Gasteiger partial charge in [0.25, 0.3) is 0 Å². The summed E-state index contributed by atoms with van der Waals surface area (Å²) in [6.07, 6.45) is 6.12. The molecule has 0 aliphatic heterocycles. The van der Waals surface area contributed by atoms with E-state index in [1.165, 1.54) is 25.7 Å². The quantitative estimate of drug-likeness (QED) is 0.570. The first-order chi connectivity index (χ1) is 8.24. The van der Waals surface area contributed by atoms with E-state index < -0.39 is 0 Å². The predicted octanol–water partition coefficient (Wildman–Crippen LogP) is 3.07. The molecule has 0 saturated heterocycles. The van der Waals surface area contributed by atoms with Gasteiger partial charge in [0.1, 0.15) is 10.7 Å². The molecule has 1 rings (SSSR count). The molecule has 0 radical (unpaired) electrons. The molecule has 17 heavy (non-hydrogen) atoms. The summed E-state index contributed by atoms with van der Waals surface area (Å²) < 4.78 is 5.55. The third-order valence-corrected chi connectivity index (χ3v) is 2.68. The van der Waals surface area contributed by atoms with Crippen molar-refractivity contribution < 1.29 is 4.74 Å². The molecular formula is C13H20N2OS. The van der Waals surface area contributed by atoms with Gasteiger partial charge in [-0.15, -0.1) is 0 Å². The molecule has 0 bridgehead atoms. The summed E-state index contributed by atoms with van der Waals surface area (Å²) in [7, 11) is 0. The first-order valence-electron chi connectivity index (χ1n) is 6.13. The topological polar surface area (TPSA) is 48.1 Å². The minimum atomic E-state index is 0.304. The van der Waals surface area contributed by atoms with Crippen molar-refractivity contribution in [1.82, 2.24) is 4.98 Å². The third kappa shape index (κ3) is 5.63.